The number of aromatic amines is 1. The third kappa shape index (κ3) is 6.28. The summed E-state index contributed by atoms with van der Waals surface area (Å²) in [5.74, 6) is -1.60. The number of H-pyrrole nitrogens is 1. The van der Waals surface area contributed by atoms with Crippen molar-refractivity contribution in [1.82, 2.24) is 25.0 Å². The predicted molar refractivity (Wildman–Crippen MR) is 262 cm³/mol. The lowest BCUT2D eigenvalue weighted by molar-refractivity contribution is -0.228. The molecule has 2 amide bonds. The minimum atomic E-state index is -2.33. The van der Waals surface area contributed by atoms with E-state index < -0.39 is 57.4 Å². The van der Waals surface area contributed by atoms with Crippen LogP contribution in [0.1, 0.15) is 86.4 Å². The van der Waals surface area contributed by atoms with E-state index in [0.29, 0.717) is 95.7 Å². The summed E-state index contributed by atoms with van der Waals surface area (Å²) >= 11 is 0. The number of hydrogen-bond acceptors (Lipinski definition) is 12. The normalized spacial score (nSPS) is 33.7. The Labute approximate surface area is 409 Å². The molecule has 1 unspecified atom stereocenters. The molecule has 1 aliphatic carbocycles. The molecule has 4 aromatic rings. The average Bonchev–Trinajstić information content (AvgIpc) is 4.15. The van der Waals surface area contributed by atoms with Crippen LogP contribution in [0.3, 0.4) is 0 Å². The first-order valence-electron chi connectivity index (χ1n) is 25.1. The number of carbonyl (C=O) groups excluding carboxylic acids is 4. The number of carbonyl (C=O) groups is 4. The molecule has 11 rings (SSSR count). The van der Waals surface area contributed by atoms with Crippen LogP contribution in [-0.4, -0.2) is 139 Å². The van der Waals surface area contributed by atoms with Crippen molar-refractivity contribution in [1.29, 1.82) is 0 Å². The molecule has 3 N–H and O–H groups in total. The second kappa shape index (κ2) is 16.6. The van der Waals surface area contributed by atoms with Gasteiger partial charge in [-0.1, -0.05) is 68.5 Å². The van der Waals surface area contributed by atoms with E-state index in [-0.39, 0.29) is 18.0 Å². The Morgan fingerprint density at radius 1 is 0.886 bits per heavy atom. The van der Waals surface area contributed by atoms with Crippen LogP contribution in [0.25, 0.3) is 10.9 Å². The summed E-state index contributed by atoms with van der Waals surface area (Å²) in [4.78, 5) is 70.5. The second-order valence-electron chi connectivity index (χ2n) is 21.3. The summed E-state index contributed by atoms with van der Waals surface area (Å²) in [5, 5.41) is 18.1. The van der Waals surface area contributed by atoms with Crippen LogP contribution in [0.15, 0.2) is 72.8 Å². The highest BCUT2D eigenvalue weighted by Gasteiger charge is 2.80. The van der Waals surface area contributed by atoms with Gasteiger partial charge in [0.05, 0.1) is 32.9 Å². The monoisotopic (exact) mass is 954 g/mol. The first-order valence-corrected chi connectivity index (χ1v) is 25.1. The van der Waals surface area contributed by atoms with Gasteiger partial charge in [-0.05, 0) is 85.4 Å². The molecule has 3 aromatic carbocycles. The van der Waals surface area contributed by atoms with Crippen LogP contribution in [0.2, 0.25) is 0 Å². The van der Waals surface area contributed by atoms with Crippen LogP contribution in [-0.2, 0) is 58.9 Å². The van der Waals surface area contributed by atoms with Gasteiger partial charge in [0.15, 0.2) is 6.10 Å². The minimum absolute atomic E-state index is 0.0937. The van der Waals surface area contributed by atoms with Crippen LogP contribution in [0.5, 0.6) is 5.75 Å². The summed E-state index contributed by atoms with van der Waals surface area (Å²) < 4.78 is 24.3. The number of nitrogens with zero attached hydrogens (tertiary/aromatic N) is 4. The number of ether oxygens (including phenoxy) is 4. The van der Waals surface area contributed by atoms with Crippen molar-refractivity contribution in [3.63, 3.8) is 0 Å². The zero-order valence-electron chi connectivity index (χ0n) is 41.4. The molecular weight excluding hydrogens is 889 g/mol. The van der Waals surface area contributed by atoms with Crippen molar-refractivity contribution in [3.8, 4) is 5.75 Å². The molecule has 7 aliphatic rings. The van der Waals surface area contributed by atoms with Crippen molar-refractivity contribution >= 4 is 40.5 Å². The zero-order valence-corrected chi connectivity index (χ0v) is 41.4. The first-order chi connectivity index (χ1) is 33.7. The summed E-state index contributed by atoms with van der Waals surface area (Å²) in [6.45, 7) is 9.91. The predicted octanol–water partition coefficient (Wildman–Crippen LogP) is 5.72. The molecule has 1 spiro atoms. The molecule has 0 radical (unpaired) electrons. The maximum atomic E-state index is 15.8. The van der Waals surface area contributed by atoms with Gasteiger partial charge < -0.3 is 49.1 Å². The maximum absolute atomic E-state index is 15.8. The minimum Gasteiger partial charge on any atom is -0.496 e. The van der Waals surface area contributed by atoms with Gasteiger partial charge in [0, 0.05) is 104 Å². The van der Waals surface area contributed by atoms with Crippen molar-refractivity contribution < 1.29 is 43.2 Å². The molecule has 10 atom stereocenters. The summed E-state index contributed by atoms with van der Waals surface area (Å²) in [5.41, 5.74) is 0.848. The number of piperidine rings is 1. The third-order valence-corrected chi connectivity index (χ3v) is 18.1. The van der Waals surface area contributed by atoms with Gasteiger partial charge in [0.2, 0.25) is 5.60 Å². The van der Waals surface area contributed by atoms with E-state index in [1.165, 1.54) is 21.1 Å². The molecular formula is C55H66N6O9. The number of urea groups is 1. The van der Waals surface area contributed by atoms with Crippen molar-refractivity contribution in [2.75, 3.05) is 66.0 Å². The number of para-hydroxylation sites is 1. The third-order valence-electron chi connectivity index (χ3n) is 18.1. The van der Waals surface area contributed by atoms with Gasteiger partial charge in [-0.3, -0.25) is 14.5 Å². The number of methoxy groups -OCH3 is 3. The van der Waals surface area contributed by atoms with E-state index >= 15 is 4.79 Å². The number of aliphatic hydroxyl groups is 1. The van der Waals surface area contributed by atoms with E-state index in [9.17, 15) is 19.5 Å². The molecule has 15 heteroatoms. The van der Waals surface area contributed by atoms with Gasteiger partial charge >= 0.3 is 23.9 Å². The number of hydrogen-bond donors (Lipinski definition) is 3. The Morgan fingerprint density at radius 2 is 1.61 bits per heavy atom. The van der Waals surface area contributed by atoms with Gasteiger partial charge in [0.1, 0.15) is 11.2 Å². The van der Waals surface area contributed by atoms with Gasteiger partial charge in [-0.25, -0.2) is 9.59 Å². The van der Waals surface area contributed by atoms with Gasteiger partial charge in [0.25, 0.3) is 0 Å². The van der Waals surface area contributed by atoms with E-state index in [1.54, 1.807) is 7.11 Å². The molecule has 1 aromatic heterocycles. The molecule has 1 saturated carbocycles. The second-order valence-corrected chi connectivity index (χ2v) is 21.3. The smallest absolute Gasteiger partial charge is 0.344 e. The fourth-order valence-corrected chi connectivity index (χ4v) is 15.5. The van der Waals surface area contributed by atoms with Gasteiger partial charge in [-0.15, -0.1) is 0 Å². The molecule has 2 bridgehead atoms. The lowest BCUT2D eigenvalue weighted by Crippen LogP contribution is -2.81. The fraction of sp³-hybridized carbons (Fsp3) is 0.527. The number of amides is 2. The van der Waals surface area contributed by atoms with Crippen molar-refractivity contribution in [2.45, 2.75) is 113 Å². The van der Waals surface area contributed by atoms with Crippen LogP contribution in [0, 0.1) is 11.3 Å². The number of fused-ring (bicyclic) bond motifs is 7. The summed E-state index contributed by atoms with van der Waals surface area (Å²) in [6, 6.07) is 19.1. The summed E-state index contributed by atoms with van der Waals surface area (Å²) in [7, 11) is 6.19. The Morgan fingerprint density at radius 3 is 2.30 bits per heavy atom. The molecule has 6 aliphatic heterocycles. The maximum Gasteiger partial charge on any atom is 0.344 e. The SMILES string of the molecule is CC[C@]1(NC(=O)N2Cc3ccccc3C2)C[C@@H]2CN(CCc3c([nH]c4ccccc34)[C@@](C(=O)OC)(c3cc4c(cc3OC)N(C)[C@H]3[C@@](O)(C(=O)OC)[C@H](OC(C)=O)[C@]5(CC)C=CCN6CC[C@]43[C@@H]65)C2)C1. The Hall–Kier alpha value is -5.90. The van der Waals surface area contributed by atoms with E-state index in [1.807, 2.05) is 60.2 Å². The average molecular weight is 955 g/mol. The number of anilines is 1. The van der Waals surface area contributed by atoms with E-state index in [4.69, 9.17) is 18.9 Å². The molecule has 70 heavy (non-hydrogen) atoms. The quantitative estimate of drug-likeness (QED) is 0.112. The van der Waals surface area contributed by atoms with Crippen LogP contribution < -0.4 is 15.0 Å². The summed E-state index contributed by atoms with van der Waals surface area (Å²) in [6.07, 6.45) is 6.08. The fourth-order valence-electron chi connectivity index (χ4n) is 15.5. The molecule has 3 fully saturated rings. The standard InChI is InChI=1S/C55H66N6O9/c1-8-51(57-50(65)61-30-35-15-10-11-16-36(35)31-61)27-34-28-54(48(63)68-6,44-38(19-23-59(29-34)32-51)37-17-12-13-18-41(37)56-44)40-25-39-42(26-43(40)67-5)58(4)46-53(39)21-24-60-22-14-20-52(9-2,45(53)60)47(70-33(3)62)55(46,66)49(64)69-7/h10-18,20,25-26,34,45-47,56,66H,8-9,19,21-24,27-32H2,1-7H3,(H,57,65)/t34-,45-,46+,47+,51-,52+,53+,54-,55-/m0/s1. The zero-order chi connectivity index (χ0) is 49.1. The largest absolute Gasteiger partial charge is 0.496 e. The Kier molecular flexibility index (Phi) is 11.0. The molecule has 15 nitrogen and oxygen atoms in total. The number of esters is 3. The van der Waals surface area contributed by atoms with Crippen LogP contribution in [0.4, 0.5) is 10.5 Å². The molecule has 2 saturated heterocycles. The highest BCUT2D eigenvalue weighted by molar-refractivity contribution is 5.95. The van der Waals surface area contributed by atoms with E-state index in [2.05, 4.69) is 63.4 Å². The Balaban J connectivity index is 1.12. The molecule has 7 heterocycles. The van der Waals surface area contributed by atoms with E-state index in [0.717, 1.165) is 44.5 Å². The van der Waals surface area contributed by atoms with Crippen molar-refractivity contribution in [3.05, 3.63) is 106 Å². The lowest BCUT2D eigenvalue weighted by atomic mass is 9.47. The number of aromatic nitrogens is 1. The Bertz CT molecular complexity index is 2820. The number of likely N-dealkylation sites (N-methyl/N-ethyl adjacent to an activating group) is 1. The number of benzene rings is 3. The molecule has 370 valence electrons. The number of nitrogens with one attached hydrogen (secondary N) is 2. The van der Waals surface area contributed by atoms with Crippen LogP contribution >= 0.6 is 0 Å². The highest BCUT2D eigenvalue weighted by Crippen LogP contribution is 2.68. The first kappa shape index (κ1) is 46.5. The van der Waals surface area contributed by atoms with Gasteiger partial charge in [-0.2, -0.15) is 0 Å². The van der Waals surface area contributed by atoms with Crippen molar-refractivity contribution in [2.24, 2.45) is 11.3 Å². The number of rotatable bonds is 8. The highest BCUT2D eigenvalue weighted by atomic mass is 16.6. The topological polar surface area (TPSA) is 166 Å². The lowest BCUT2D eigenvalue weighted by Gasteiger charge is -2.63.